The average Bonchev–Trinajstić information content (AvgIpc) is 2.50. The second-order valence-corrected chi connectivity index (χ2v) is 6.87. The van der Waals surface area contributed by atoms with Crippen LogP contribution in [0.2, 0.25) is 5.02 Å². The van der Waals surface area contributed by atoms with Crippen molar-refractivity contribution in [2.45, 2.75) is 11.8 Å². The molecule has 1 amide bonds. The highest BCUT2D eigenvalue weighted by molar-refractivity contribution is 7.92. The molecule has 2 aromatic rings. The number of sulfonamides is 1. The zero-order valence-corrected chi connectivity index (χ0v) is 14.3. The van der Waals surface area contributed by atoms with Gasteiger partial charge in [0.2, 0.25) is 5.91 Å². The average molecular weight is 373 g/mol. The summed E-state index contributed by atoms with van der Waals surface area (Å²) < 4.78 is 45.3. The molecule has 0 atom stereocenters. The Kier molecular flexibility index (Phi) is 5.30. The molecule has 0 aliphatic rings. The summed E-state index contributed by atoms with van der Waals surface area (Å²) in [6, 6.07) is 7.44. The van der Waals surface area contributed by atoms with Crippen molar-refractivity contribution in [2.24, 2.45) is 0 Å². The number of halogens is 2. The molecule has 6 nitrogen and oxygen atoms in total. The van der Waals surface area contributed by atoms with Gasteiger partial charge in [0.25, 0.3) is 10.0 Å². The molecule has 0 unspecified atom stereocenters. The van der Waals surface area contributed by atoms with Crippen LogP contribution in [0.15, 0.2) is 41.3 Å². The zero-order chi connectivity index (χ0) is 17.9. The normalized spacial score (nSPS) is 11.0. The molecule has 0 aliphatic heterocycles. The summed E-state index contributed by atoms with van der Waals surface area (Å²) in [6.07, 6.45) is 0. The largest absolute Gasteiger partial charge is 0.494 e. The van der Waals surface area contributed by atoms with Gasteiger partial charge < -0.3 is 10.1 Å². The van der Waals surface area contributed by atoms with Crippen molar-refractivity contribution in [3.05, 3.63) is 47.2 Å². The Morgan fingerprint density at radius 1 is 1.21 bits per heavy atom. The Balaban J connectivity index is 2.34. The van der Waals surface area contributed by atoms with Crippen LogP contribution >= 0.6 is 11.6 Å². The lowest BCUT2D eigenvalue weighted by Crippen LogP contribution is -2.14. The Bertz CT molecular complexity index is 887. The molecule has 0 aliphatic carbocycles. The molecule has 0 heterocycles. The van der Waals surface area contributed by atoms with Gasteiger partial charge in [-0.2, -0.15) is 0 Å². The Labute approximate surface area is 143 Å². The molecular weight excluding hydrogens is 359 g/mol. The molecule has 0 radical (unpaired) electrons. The molecule has 2 rings (SSSR count). The molecule has 2 aromatic carbocycles. The van der Waals surface area contributed by atoms with Crippen molar-refractivity contribution in [3.8, 4) is 5.75 Å². The Hall–Kier alpha value is -2.32. The van der Waals surface area contributed by atoms with Crippen molar-refractivity contribution in [3.63, 3.8) is 0 Å². The van der Waals surface area contributed by atoms with Crippen LogP contribution in [-0.2, 0) is 14.8 Å². The molecule has 128 valence electrons. The van der Waals surface area contributed by atoms with Crippen LogP contribution in [0, 0.1) is 5.82 Å². The van der Waals surface area contributed by atoms with Crippen LogP contribution in [0.25, 0.3) is 0 Å². The minimum atomic E-state index is -3.97. The third kappa shape index (κ3) is 4.15. The molecule has 24 heavy (non-hydrogen) atoms. The van der Waals surface area contributed by atoms with Gasteiger partial charge in [-0.1, -0.05) is 11.6 Å². The first-order valence-corrected chi connectivity index (χ1v) is 8.52. The number of nitrogens with one attached hydrogen (secondary N) is 2. The van der Waals surface area contributed by atoms with E-state index >= 15 is 0 Å². The Morgan fingerprint density at radius 2 is 1.92 bits per heavy atom. The van der Waals surface area contributed by atoms with E-state index in [2.05, 4.69) is 10.0 Å². The van der Waals surface area contributed by atoms with Crippen molar-refractivity contribution in [2.75, 3.05) is 17.1 Å². The lowest BCUT2D eigenvalue weighted by molar-refractivity contribution is -0.114. The number of anilines is 2. The first-order chi connectivity index (χ1) is 11.2. The van der Waals surface area contributed by atoms with Gasteiger partial charge in [0, 0.05) is 13.0 Å². The molecule has 0 saturated carbocycles. The standard InChI is InChI=1S/C15H14ClFN2O4S/c1-9(20)18-14-7-10(3-5-12(14)16)19-24(21,22)11-4-6-13(17)15(8-11)23-2/h3-8,19H,1-2H3,(H,18,20). The van der Waals surface area contributed by atoms with Crippen molar-refractivity contribution >= 4 is 38.9 Å². The van der Waals surface area contributed by atoms with Crippen LogP contribution in [0.1, 0.15) is 6.92 Å². The third-order valence-corrected chi connectivity index (χ3v) is 4.67. The highest BCUT2D eigenvalue weighted by Gasteiger charge is 2.17. The number of benzene rings is 2. The van der Waals surface area contributed by atoms with Gasteiger partial charge >= 0.3 is 0 Å². The van der Waals surface area contributed by atoms with Gasteiger partial charge in [-0.15, -0.1) is 0 Å². The van der Waals surface area contributed by atoms with E-state index in [1.54, 1.807) is 0 Å². The maximum atomic E-state index is 13.4. The van der Waals surface area contributed by atoms with E-state index in [9.17, 15) is 17.6 Å². The predicted octanol–water partition coefficient (Wildman–Crippen LogP) is 3.25. The van der Waals surface area contributed by atoms with E-state index in [4.69, 9.17) is 16.3 Å². The highest BCUT2D eigenvalue weighted by Crippen LogP contribution is 2.28. The smallest absolute Gasteiger partial charge is 0.262 e. The monoisotopic (exact) mass is 372 g/mol. The number of ether oxygens (including phenoxy) is 1. The van der Waals surface area contributed by atoms with E-state index in [0.717, 1.165) is 18.2 Å². The lowest BCUT2D eigenvalue weighted by Gasteiger charge is -2.12. The van der Waals surface area contributed by atoms with Gasteiger partial charge in [-0.25, -0.2) is 12.8 Å². The summed E-state index contributed by atoms with van der Waals surface area (Å²) in [6.45, 7) is 1.30. The number of amides is 1. The summed E-state index contributed by atoms with van der Waals surface area (Å²) in [5.41, 5.74) is 0.451. The van der Waals surface area contributed by atoms with E-state index in [1.807, 2.05) is 0 Å². The summed E-state index contributed by atoms with van der Waals surface area (Å²) in [7, 11) is -2.74. The molecule has 0 fully saturated rings. The number of methoxy groups -OCH3 is 1. The van der Waals surface area contributed by atoms with Gasteiger partial charge in [-0.05, 0) is 30.3 Å². The Morgan fingerprint density at radius 3 is 2.54 bits per heavy atom. The van der Waals surface area contributed by atoms with Crippen LogP contribution < -0.4 is 14.8 Å². The van der Waals surface area contributed by atoms with E-state index in [0.29, 0.717) is 0 Å². The second kappa shape index (κ2) is 7.06. The fraction of sp³-hybridized carbons (Fsp3) is 0.133. The molecule has 0 bridgehead atoms. The number of rotatable bonds is 5. The molecule has 0 aromatic heterocycles. The maximum absolute atomic E-state index is 13.4. The minimum absolute atomic E-state index is 0.170. The summed E-state index contributed by atoms with van der Waals surface area (Å²) in [5.74, 6) is -1.20. The van der Waals surface area contributed by atoms with E-state index in [-0.39, 0.29) is 32.9 Å². The fourth-order valence-corrected chi connectivity index (χ4v) is 3.12. The van der Waals surface area contributed by atoms with Crippen LogP contribution in [0.4, 0.5) is 15.8 Å². The van der Waals surface area contributed by atoms with Gasteiger partial charge in [0.1, 0.15) is 0 Å². The first-order valence-electron chi connectivity index (χ1n) is 6.66. The number of hydrogen-bond donors (Lipinski definition) is 2. The molecule has 0 saturated heterocycles. The summed E-state index contributed by atoms with van der Waals surface area (Å²) in [4.78, 5) is 11.0. The number of hydrogen-bond acceptors (Lipinski definition) is 4. The SMILES string of the molecule is COc1cc(S(=O)(=O)Nc2ccc(Cl)c(NC(C)=O)c2)ccc1F. The molecule has 0 spiro atoms. The quantitative estimate of drug-likeness (QED) is 0.843. The summed E-state index contributed by atoms with van der Waals surface area (Å²) >= 11 is 5.94. The van der Waals surface area contributed by atoms with Crippen LogP contribution in [0.3, 0.4) is 0 Å². The highest BCUT2D eigenvalue weighted by atomic mass is 35.5. The van der Waals surface area contributed by atoms with Crippen LogP contribution in [0.5, 0.6) is 5.75 Å². The lowest BCUT2D eigenvalue weighted by atomic mass is 10.3. The van der Waals surface area contributed by atoms with Crippen molar-refractivity contribution in [1.82, 2.24) is 0 Å². The molecular formula is C15H14ClFN2O4S. The van der Waals surface area contributed by atoms with Crippen molar-refractivity contribution < 1.29 is 22.3 Å². The fourth-order valence-electron chi connectivity index (χ4n) is 1.90. The van der Waals surface area contributed by atoms with Crippen molar-refractivity contribution in [1.29, 1.82) is 0 Å². The van der Waals surface area contributed by atoms with E-state index in [1.165, 1.54) is 32.2 Å². The second-order valence-electron chi connectivity index (χ2n) is 4.78. The predicted molar refractivity (Wildman–Crippen MR) is 89.5 cm³/mol. The van der Waals surface area contributed by atoms with Gasteiger partial charge in [-0.3, -0.25) is 9.52 Å². The first kappa shape index (κ1) is 18.0. The summed E-state index contributed by atoms with van der Waals surface area (Å²) in [5, 5.41) is 2.75. The van der Waals surface area contributed by atoms with Gasteiger partial charge in [0.05, 0.1) is 28.4 Å². The van der Waals surface area contributed by atoms with Gasteiger partial charge in [0.15, 0.2) is 11.6 Å². The van der Waals surface area contributed by atoms with E-state index < -0.39 is 15.8 Å². The topological polar surface area (TPSA) is 84.5 Å². The molecule has 9 heteroatoms. The molecule has 2 N–H and O–H groups in total. The zero-order valence-electron chi connectivity index (χ0n) is 12.8. The minimum Gasteiger partial charge on any atom is -0.494 e. The number of carbonyl (C=O) groups is 1. The number of carbonyl (C=O) groups excluding carboxylic acids is 1. The maximum Gasteiger partial charge on any atom is 0.262 e. The van der Waals surface area contributed by atoms with Crippen LogP contribution in [-0.4, -0.2) is 21.4 Å². The third-order valence-electron chi connectivity index (χ3n) is 2.96.